The van der Waals surface area contributed by atoms with E-state index in [9.17, 15) is 9.59 Å². The summed E-state index contributed by atoms with van der Waals surface area (Å²) < 4.78 is 9.86. The highest BCUT2D eigenvalue weighted by Gasteiger charge is 2.54. The molecule has 3 aliphatic rings. The molecule has 4 atom stereocenters. The summed E-state index contributed by atoms with van der Waals surface area (Å²) in [6.07, 6.45) is 2.65. The molecule has 0 saturated carbocycles. The standard InChI is InChI=1S/C8H7NO4/c10-7-5-3-1-2-4(12-3)6(5)9-8(11)13-7/h1-6H,(H,9,11)/t3-,4+,5-,6+/m1/s1. The molecule has 2 fully saturated rings. The van der Waals surface area contributed by atoms with E-state index in [0.29, 0.717) is 0 Å². The molecule has 3 heterocycles. The molecule has 3 aliphatic heterocycles. The van der Waals surface area contributed by atoms with Crippen molar-refractivity contribution in [3.63, 3.8) is 0 Å². The number of rotatable bonds is 0. The SMILES string of the molecule is O=C1N[C@@H]2[C@H](C(=O)O1)[C@H]1C=C[C@@H]2O1. The minimum absolute atomic E-state index is 0.160. The lowest BCUT2D eigenvalue weighted by molar-refractivity contribution is -0.145. The Bertz CT molecular complexity index is 324. The molecule has 0 spiro atoms. The number of fused-ring (bicyclic) bond motifs is 5. The second-order valence-electron chi connectivity index (χ2n) is 3.35. The van der Waals surface area contributed by atoms with Crippen molar-refractivity contribution in [2.45, 2.75) is 18.2 Å². The van der Waals surface area contributed by atoms with E-state index in [4.69, 9.17) is 4.74 Å². The number of alkyl carbamates (subject to hydrolysis) is 1. The molecule has 0 radical (unpaired) electrons. The van der Waals surface area contributed by atoms with Crippen LogP contribution in [0.15, 0.2) is 12.2 Å². The summed E-state index contributed by atoms with van der Waals surface area (Å²) in [6.45, 7) is 0. The topological polar surface area (TPSA) is 64.6 Å². The lowest BCUT2D eigenvalue weighted by Crippen LogP contribution is -2.54. The highest BCUT2D eigenvalue weighted by atomic mass is 16.6. The summed E-state index contributed by atoms with van der Waals surface area (Å²) in [5, 5.41) is 2.58. The molecule has 3 rings (SSSR count). The van der Waals surface area contributed by atoms with Gasteiger partial charge in [0.25, 0.3) is 0 Å². The Morgan fingerprint density at radius 2 is 2.00 bits per heavy atom. The number of carbonyl (C=O) groups excluding carboxylic acids is 2. The van der Waals surface area contributed by atoms with Crippen LogP contribution < -0.4 is 5.32 Å². The Hall–Kier alpha value is -1.36. The smallest absolute Gasteiger partial charge is 0.376 e. The van der Waals surface area contributed by atoms with Gasteiger partial charge in [0.05, 0.1) is 18.2 Å². The first kappa shape index (κ1) is 7.08. The molecule has 0 aromatic carbocycles. The molecule has 13 heavy (non-hydrogen) atoms. The van der Waals surface area contributed by atoms with Crippen molar-refractivity contribution >= 4 is 12.1 Å². The molecule has 2 saturated heterocycles. The minimum atomic E-state index is -0.671. The van der Waals surface area contributed by atoms with Crippen LogP contribution in [0.25, 0.3) is 0 Å². The molecule has 0 aromatic rings. The van der Waals surface area contributed by atoms with Crippen molar-refractivity contribution in [1.29, 1.82) is 0 Å². The molecule has 5 nitrogen and oxygen atoms in total. The van der Waals surface area contributed by atoms with E-state index in [0.717, 1.165) is 0 Å². The van der Waals surface area contributed by atoms with E-state index in [2.05, 4.69) is 10.1 Å². The Morgan fingerprint density at radius 1 is 1.23 bits per heavy atom. The first-order valence-corrected chi connectivity index (χ1v) is 4.12. The Balaban J connectivity index is 1.98. The lowest BCUT2D eigenvalue weighted by Gasteiger charge is -2.27. The fraction of sp³-hybridized carbons (Fsp3) is 0.500. The van der Waals surface area contributed by atoms with Crippen molar-refractivity contribution in [3.8, 4) is 0 Å². The molecule has 0 unspecified atom stereocenters. The van der Waals surface area contributed by atoms with E-state index in [-0.39, 0.29) is 24.2 Å². The highest BCUT2D eigenvalue weighted by molar-refractivity contribution is 5.90. The second kappa shape index (κ2) is 2.11. The van der Waals surface area contributed by atoms with E-state index < -0.39 is 12.1 Å². The van der Waals surface area contributed by atoms with Crippen LogP contribution in [0.3, 0.4) is 0 Å². The molecule has 0 aromatic heterocycles. The van der Waals surface area contributed by atoms with Crippen molar-refractivity contribution in [1.82, 2.24) is 5.32 Å². The minimum Gasteiger partial charge on any atom is -0.376 e. The normalized spacial score (nSPS) is 45.8. The van der Waals surface area contributed by atoms with Gasteiger partial charge >= 0.3 is 12.1 Å². The zero-order valence-electron chi connectivity index (χ0n) is 6.60. The largest absolute Gasteiger partial charge is 0.415 e. The van der Waals surface area contributed by atoms with Gasteiger partial charge in [0.1, 0.15) is 5.92 Å². The van der Waals surface area contributed by atoms with Crippen LogP contribution >= 0.6 is 0 Å². The van der Waals surface area contributed by atoms with E-state index >= 15 is 0 Å². The summed E-state index contributed by atoms with van der Waals surface area (Å²) in [6, 6.07) is -0.233. The van der Waals surface area contributed by atoms with Crippen LogP contribution in [-0.2, 0) is 14.3 Å². The van der Waals surface area contributed by atoms with Gasteiger partial charge in [-0.3, -0.25) is 4.79 Å². The zero-order chi connectivity index (χ0) is 9.00. The Kier molecular flexibility index (Phi) is 1.15. The van der Waals surface area contributed by atoms with Crippen molar-refractivity contribution < 1.29 is 19.1 Å². The second-order valence-corrected chi connectivity index (χ2v) is 3.35. The van der Waals surface area contributed by atoms with Crippen LogP contribution in [0.2, 0.25) is 0 Å². The van der Waals surface area contributed by atoms with Gasteiger partial charge in [-0.15, -0.1) is 0 Å². The van der Waals surface area contributed by atoms with Gasteiger partial charge in [-0.2, -0.15) is 0 Å². The summed E-state index contributed by atoms with van der Waals surface area (Å²) in [5.74, 6) is -0.835. The van der Waals surface area contributed by atoms with Crippen LogP contribution in [0.5, 0.6) is 0 Å². The quantitative estimate of drug-likeness (QED) is 0.313. The molecule has 0 aliphatic carbocycles. The first-order valence-electron chi connectivity index (χ1n) is 4.12. The summed E-state index contributed by atoms with van der Waals surface area (Å²) in [5.41, 5.74) is 0. The maximum Gasteiger partial charge on any atom is 0.415 e. The number of hydrogen-bond acceptors (Lipinski definition) is 4. The zero-order valence-corrected chi connectivity index (χ0v) is 6.60. The predicted molar refractivity (Wildman–Crippen MR) is 39.7 cm³/mol. The third-order valence-electron chi connectivity index (χ3n) is 2.65. The van der Waals surface area contributed by atoms with E-state index in [1.165, 1.54) is 0 Å². The highest BCUT2D eigenvalue weighted by Crippen LogP contribution is 2.36. The number of amides is 1. The van der Waals surface area contributed by atoms with Gasteiger partial charge in [0.2, 0.25) is 0 Å². The fourth-order valence-corrected chi connectivity index (χ4v) is 2.09. The van der Waals surface area contributed by atoms with Gasteiger partial charge < -0.3 is 14.8 Å². The van der Waals surface area contributed by atoms with Crippen LogP contribution in [0.4, 0.5) is 4.79 Å². The van der Waals surface area contributed by atoms with Crippen molar-refractivity contribution in [3.05, 3.63) is 12.2 Å². The number of esters is 1. The molecule has 68 valence electrons. The van der Waals surface area contributed by atoms with Gasteiger partial charge in [-0.05, 0) is 0 Å². The van der Waals surface area contributed by atoms with Crippen molar-refractivity contribution in [2.75, 3.05) is 0 Å². The first-order chi connectivity index (χ1) is 6.25. The maximum atomic E-state index is 11.3. The van der Waals surface area contributed by atoms with Gasteiger partial charge in [0, 0.05) is 0 Å². The number of nitrogens with one attached hydrogen (secondary N) is 1. The van der Waals surface area contributed by atoms with Crippen LogP contribution in [0.1, 0.15) is 0 Å². The fourth-order valence-electron chi connectivity index (χ4n) is 2.09. The lowest BCUT2D eigenvalue weighted by atomic mass is 9.88. The van der Waals surface area contributed by atoms with E-state index in [1.54, 1.807) is 0 Å². The summed E-state index contributed by atoms with van der Waals surface area (Å²) in [7, 11) is 0. The Labute approximate surface area is 73.7 Å². The molecule has 2 bridgehead atoms. The molecular formula is C8H7NO4. The van der Waals surface area contributed by atoms with Gasteiger partial charge in [-0.25, -0.2) is 4.79 Å². The maximum absolute atomic E-state index is 11.3. The molecule has 1 amide bonds. The molecule has 1 N–H and O–H groups in total. The monoisotopic (exact) mass is 181 g/mol. The third-order valence-corrected chi connectivity index (χ3v) is 2.65. The predicted octanol–water partition coefficient (Wildman–Crippen LogP) is -0.425. The molecule has 5 heteroatoms. The number of cyclic esters (lactones) is 2. The molecular weight excluding hydrogens is 174 g/mol. The third kappa shape index (κ3) is 0.793. The number of hydrogen-bond donors (Lipinski definition) is 1. The van der Waals surface area contributed by atoms with Crippen LogP contribution in [0, 0.1) is 5.92 Å². The Morgan fingerprint density at radius 3 is 2.85 bits per heavy atom. The van der Waals surface area contributed by atoms with Gasteiger partial charge in [-0.1, -0.05) is 12.2 Å². The van der Waals surface area contributed by atoms with Crippen LogP contribution in [-0.4, -0.2) is 30.3 Å². The summed E-state index contributed by atoms with van der Waals surface area (Å²) >= 11 is 0. The van der Waals surface area contributed by atoms with Gasteiger partial charge in [0.15, 0.2) is 0 Å². The number of ether oxygens (including phenoxy) is 2. The van der Waals surface area contributed by atoms with Crippen molar-refractivity contribution in [2.24, 2.45) is 5.92 Å². The van der Waals surface area contributed by atoms with E-state index in [1.807, 2.05) is 12.2 Å². The average molecular weight is 181 g/mol. The summed E-state index contributed by atoms with van der Waals surface area (Å²) in [4.78, 5) is 22.1. The number of carbonyl (C=O) groups is 2. The average Bonchev–Trinajstić information content (AvgIpc) is 2.62.